The lowest BCUT2D eigenvalue weighted by Gasteiger charge is -2.19. The predicted octanol–water partition coefficient (Wildman–Crippen LogP) is 6.13. The first-order chi connectivity index (χ1) is 17.7. The van der Waals surface area contributed by atoms with Crippen molar-refractivity contribution in [1.29, 1.82) is 0 Å². The molecule has 6 aliphatic rings. The molecule has 6 heteroatoms. The van der Waals surface area contributed by atoms with Crippen molar-refractivity contribution in [3.05, 3.63) is 18.2 Å². The second kappa shape index (κ2) is 9.36. The van der Waals surface area contributed by atoms with Crippen LogP contribution in [0.2, 0.25) is 0 Å². The van der Waals surface area contributed by atoms with Gasteiger partial charge in [0.2, 0.25) is 0 Å². The van der Waals surface area contributed by atoms with E-state index < -0.39 is 0 Å². The minimum Gasteiger partial charge on any atom is -0.490 e. The average molecular weight is 499 g/mol. The lowest BCUT2D eigenvalue weighted by molar-refractivity contribution is 0.217. The van der Waals surface area contributed by atoms with E-state index in [1.54, 1.807) is 0 Å². The molecule has 7 rings (SSSR count). The second-order valence-corrected chi connectivity index (χ2v) is 12.3. The van der Waals surface area contributed by atoms with E-state index in [0.717, 1.165) is 17.2 Å². The first-order valence-electron chi connectivity index (χ1n) is 14.7. The number of hydrogen-bond acceptors (Lipinski definition) is 6. The molecule has 0 amide bonds. The Morgan fingerprint density at radius 1 is 0.472 bits per heavy atom. The molecule has 6 nitrogen and oxygen atoms in total. The summed E-state index contributed by atoms with van der Waals surface area (Å²) in [5.41, 5.74) is 0.253. The van der Waals surface area contributed by atoms with Gasteiger partial charge in [-0.15, -0.1) is 0 Å². The third-order valence-corrected chi connectivity index (χ3v) is 9.88. The summed E-state index contributed by atoms with van der Waals surface area (Å²) >= 11 is 0. The van der Waals surface area contributed by atoms with Gasteiger partial charge in [0.25, 0.3) is 0 Å². The van der Waals surface area contributed by atoms with Crippen LogP contribution in [-0.2, 0) is 14.2 Å². The van der Waals surface area contributed by atoms with Crippen LogP contribution in [-0.4, -0.2) is 54.9 Å². The first kappa shape index (κ1) is 23.6. The Morgan fingerprint density at radius 2 is 0.750 bits per heavy atom. The first-order valence-corrected chi connectivity index (χ1v) is 14.7. The molecule has 3 heterocycles. The summed E-state index contributed by atoms with van der Waals surface area (Å²) in [5.74, 6) is 2.37. The third-order valence-electron chi connectivity index (χ3n) is 9.88. The Bertz CT molecular complexity index is 796. The normalized spacial score (nSPS) is 32.8. The van der Waals surface area contributed by atoms with E-state index in [1.165, 1.54) is 96.3 Å². The van der Waals surface area contributed by atoms with Gasteiger partial charge in [-0.3, -0.25) is 0 Å². The summed E-state index contributed by atoms with van der Waals surface area (Å²) in [5, 5.41) is 0. The fourth-order valence-corrected chi connectivity index (χ4v) is 7.39. The SMILES string of the molecule is c1c(OCC2OC23CCCCC3)cc(OCC2OC23CCCCC3)cc1OCC1OC12CCCCC2. The molecule has 3 unspecified atom stereocenters. The fraction of sp³-hybridized carbons (Fsp3) is 0.800. The van der Waals surface area contributed by atoms with Gasteiger partial charge in [0.05, 0.1) is 16.8 Å². The van der Waals surface area contributed by atoms with Gasteiger partial charge in [-0.1, -0.05) is 57.8 Å². The van der Waals surface area contributed by atoms with E-state index in [9.17, 15) is 0 Å². The number of epoxide rings is 3. The van der Waals surface area contributed by atoms with Crippen molar-refractivity contribution < 1.29 is 28.4 Å². The van der Waals surface area contributed by atoms with Crippen LogP contribution in [0.3, 0.4) is 0 Å². The Hall–Kier alpha value is -1.50. The van der Waals surface area contributed by atoms with E-state index in [2.05, 4.69) is 0 Å². The Balaban J connectivity index is 0.985. The van der Waals surface area contributed by atoms with Crippen LogP contribution in [0.4, 0.5) is 0 Å². The smallest absolute Gasteiger partial charge is 0.126 e. The quantitative estimate of drug-likeness (QED) is 0.382. The van der Waals surface area contributed by atoms with Gasteiger partial charge in [0.15, 0.2) is 0 Å². The lowest BCUT2D eigenvalue weighted by Crippen LogP contribution is -2.23. The van der Waals surface area contributed by atoms with Gasteiger partial charge < -0.3 is 28.4 Å². The molecule has 36 heavy (non-hydrogen) atoms. The molecule has 1 aromatic carbocycles. The zero-order valence-corrected chi connectivity index (χ0v) is 21.6. The van der Waals surface area contributed by atoms with Gasteiger partial charge in [0, 0.05) is 18.2 Å². The van der Waals surface area contributed by atoms with Crippen LogP contribution in [0.5, 0.6) is 17.2 Å². The highest BCUT2D eigenvalue weighted by atomic mass is 16.6. The average Bonchev–Trinajstić information content (AvgIpc) is 3.87. The number of hydrogen-bond donors (Lipinski definition) is 0. The summed E-state index contributed by atoms with van der Waals surface area (Å²) in [6.07, 6.45) is 19.3. The fourth-order valence-electron chi connectivity index (χ4n) is 7.39. The molecule has 1 aromatic rings. The van der Waals surface area contributed by atoms with E-state index in [4.69, 9.17) is 28.4 Å². The van der Waals surface area contributed by atoms with Crippen molar-refractivity contribution in [1.82, 2.24) is 0 Å². The summed E-state index contributed by atoms with van der Waals surface area (Å²) in [7, 11) is 0. The number of rotatable bonds is 9. The lowest BCUT2D eigenvalue weighted by atomic mass is 9.86. The van der Waals surface area contributed by atoms with Crippen molar-refractivity contribution in [2.45, 2.75) is 131 Å². The Labute approximate surface area is 215 Å². The van der Waals surface area contributed by atoms with E-state index in [1.807, 2.05) is 18.2 Å². The molecule has 0 radical (unpaired) electrons. The zero-order chi connectivity index (χ0) is 24.1. The maximum Gasteiger partial charge on any atom is 0.126 e. The molecular weight excluding hydrogens is 456 g/mol. The third kappa shape index (κ3) is 4.74. The molecule has 3 saturated heterocycles. The van der Waals surface area contributed by atoms with Gasteiger partial charge in [-0.05, 0) is 38.5 Å². The van der Waals surface area contributed by atoms with Gasteiger partial charge >= 0.3 is 0 Å². The minimum atomic E-state index is 0.0843. The Morgan fingerprint density at radius 3 is 1.03 bits per heavy atom. The van der Waals surface area contributed by atoms with Gasteiger partial charge in [-0.25, -0.2) is 0 Å². The molecule has 3 saturated carbocycles. The van der Waals surface area contributed by atoms with Crippen LogP contribution < -0.4 is 14.2 Å². The van der Waals surface area contributed by atoms with Gasteiger partial charge in [-0.2, -0.15) is 0 Å². The molecule has 198 valence electrons. The molecular formula is C30H42O6. The Kier molecular flexibility index (Phi) is 6.13. The summed E-state index contributed by atoms with van der Waals surface area (Å²) in [6.45, 7) is 1.77. The van der Waals surface area contributed by atoms with Crippen molar-refractivity contribution >= 4 is 0 Å². The second-order valence-electron chi connectivity index (χ2n) is 12.3. The van der Waals surface area contributed by atoms with Crippen molar-refractivity contribution in [3.63, 3.8) is 0 Å². The molecule has 3 aliphatic heterocycles. The highest BCUT2D eigenvalue weighted by Gasteiger charge is 2.58. The van der Waals surface area contributed by atoms with Crippen LogP contribution >= 0.6 is 0 Å². The largest absolute Gasteiger partial charge is 0.490 e. The van der Waals surface area contributed by atoms with Crippen molar-refractivity contribution in [2.75, 3.05) is 19.8 Å². The minimum absolute atomic E-state index is 0.0843. The van der Waals surface area contributed by atoms with Crippen LogP contribution in [0, 0.1) is 0 Å². The molecule has 0 aromatic heterocycles. The monoisotopic (exact) mass is 498 g/mol. The molecule has 6 fully saturated rings. The van der Waals surface area contributed by atoms with E-state index in [-0.39, 0.29) is 35.1 Å². The molecule has 0 bridgehead atoms. The standard InChI is InChI=1S/C30H42O6/c1-4-10-28(11-5-1)25(34-28)19-31-22-16-23(32-20-26-29(35-26)12-6-2-7-13-29)18-24(17-22)33-21-27-30(36-27)14-8-3-9-15-30/h16-18,25-27H,1-15,19-21H2. The maximum absolute atomic E-state index is 6.26. The molecule has 3 spiro atoms. The zero-order valence-electron chi connectivity index (χ0n) is 21.6. The summed E-state index contributed by atoms with van der Waals surface area (Å²) in [4.78, 5) is 0. The number of benzene rings is 1. The van der Waals surface area contributed by atoms with Crippen LogP contribution in [0.25, 0.3) is 0 Å². The van der Waals surface area contributed by atoms with Gasteiger partial charge in [0.1, 0.15) is 55.4 Å². The van der Waals surface area contributed by atoms with Crippen LogP contribution in [0.1, 0.15) is 96.3 Å². The topological polar surface area (TPSA) is 65.3 Å². The summed E-state index contributed by atoms with van der Waals surface area (Å²) in [6, 6.07) is 5.98. The molecule has 0 N–H and O–H groups in total. The number of ether oxygens (including phenoxy) is 6. The van der Waals surface area contributed by atoms with Crippen LogP contribution in [0.15, 0.2) is 18.2 Å². The maximum atomic E-state index is 6.26. The highest BCUT2D eigenvalue weighted by molar-refractivity contribution is 5.42. The highest BCUT2D eigenvalue weighted by Crippen LogP contribution is 2.50. The molecule has 3 atom stereocenters. The summed E-state index contributed by atoms with van der Waals surface area (Å²) < 4.78 is 37.1. The predicted molar refractivity (Wildman–Crippen MR) is 135 cm³/mol. The molecule has 3 aliphatic carbocycles. The van der Waals surface area contributed by atoms with Crippen molar-refractivity contribution in [2.24, 2.45) is 0 Å². The van der Waals surface area contributed by atoms with E-state index in [0.29, 0.717) is 19.8 Å². The van der Waals surface area contributed by atoms with E-state index >= 15 is 0 Å². The van der Waals surface area contributed by atoms with Crippen molar-refractivity contribution in [3.8, 4) is 17.2 Å².